The number of hydrogen-bond acceptors (Lipinski definition) is 3. The fraction of sp³-hybridized carbons (Fsp3) is 0.500. The van der Waals surface area contributed by atoms with Crippen LogP contribution in [0.5, 0.6) is 0 Å². The topological polar surface area (TPSA) is 29.9 Å². The molecule has 0 saturated heterocycles. The Morgan fingerprint density at radius 1 is 1.47 bits per heavy atom. The van der Waals surface area contributed by atoms with Crippen molar-refractivity contribution in [2.45, 2.75) is 39.8 Å². The zero-order chi connectivity index (χ0) is 13.8. The minimum absolute atomic E-state index is 0.231. The van der Waals surface area contributed by atoms with E-state index in [-0.39, 0.29) is 6.04 Å². The molecule has 1 atom stereocenters. The van der Waals surface area contributed by atoms with Crippen LogP contribution >= 0.6 is 27.3 Å². The third kappa shape index (κ3) is 3.27. The maximum absolute atomic E-state index is 4.43. The van der Waals surface area contributed by atoms with Crippen LogP contribution in [0.2, 0.25) is 0 Å². The zero-order valence-corrected chi connectivity index (χ0v) is 14.0. The summed E-state index contributed by atoms with van der Waals surface area (Å²) in [5, 5.41) is 8.00. The summed E-state index contributed by atoms with van der Waals surface area (Å²) in [5.74, 6) is 0. The van der Waals surface area contributed by atoms with Gasteiger partial charge >= 0.3 is 0 Å². The number of aromatic nitrogens is 2. The standard InChI is InChI=1S/C14H20BrN3S/c1-4-8-18-11(6-7-17-18)13(16-5-2)12-9-10(3)14(15)19-12/h6-7,9,13,16H,4-5,8H2,1-3H3. The predicted octanol–water partition coefficient (Wildman–Crippen LogP) is 4.12. The highest BCUT2D eigenvalue weighted by molar-refractivity contribution is 9.11. The Morgan fingerprint density at radius 2 is 2.26 bits per heavy atom. The molecule has 5 heteroatoms. The van der Waals surface area contributed by atoms with Crippen LogP contribution in [0.25, 0.3) is 0 Å². The van der Waals surface area contributed by atoms with Crippen molar-refractivity contribution in [3.63, 3.8) is 0 Å². The van der Waals surface area contributed by atoms with Gasteiger partial charge in [-0.25, -0.2) is 0 Å². The molecule has 2 aromatic rings. The molecule has 3 nitrogen and oxygen atoms in total. The lowest BCUT2D eigenvalue weighted by atomic mass is 10.1. The second kappa shape index (κ2) is 6.68. The van der Waals surface area contributed by atoms with E-state index in [2.05, 4.69) is 63.9 Å². The van der Waals surface area contributed by atoms with Gasteiger partial charge in [-0.3, -0.25) is 4.68 Å². The third-order valence-electron chi connectivity index (χ3n) is 3.05. The Morgan fingerprint density at radius 3 is 2.84 bits per heavy atom. The van der Waals surface area contributed by atoms with Crippen molar-refractivity contribution in [2.24, 2.45) is 0 Å². The van der Waals surface area contributed by atoms with Gasteiger partial charge in [-0.1, -0.05) is 13.8 Å². The van der Waals surface area contributed by atoms with Crippen LogP contribution in [0.4, 0.5) is 0 Å². The summed E-state index contributed by atoms with van der Waals surface area (Å²) in [4.78, 5) is 1.34. The van der Waals surface area contributed by atoms with E-state index in [1.807, 2.05) is 6.20 Å². The fourth-order valence-electron chi connectivity index (χ4n) is 2.17. The molecule has 0 amide bonds. The van der Waals surface area contributed by atoms with Crippen molar-refractivity contribution in [3.05, 3.63) is 38.3 Å². The highest BCUT2D eigenvalue weighted by atomic mass is 79.9. The van der Waals surface area contributed by atoms with E-state index in [9.17, 15) is 0 Å². The first-order valence-corrected chi connectivity index (χ1v) is 8.29. The van der Waals surface area contributed by atoms with Crippen LogP contribution in [-0.2, 0) is 6.54 Å². The summed E-state index contributed by atoms with van der Waals surface area (Å²) in [6.45, 7) is 8.37. The van der Waals surface area contributed by atoms with E-state index in [4.69, 9.17) is 0 Å². The average Bonchev–Trinajstić information content (AvgIpc) is 2.95. The predicted molar refractivity (Wildman–Crippen MR) is 84.8 cm³/mol. The van der Waals surface area contributed by atoms with Crippen molar-refractivity contribution < 1.29 is 0 Å². The quantitative estimate of drug-likeness (QED) is 0.856. The number of aryl methyl sites for hydroxylation is 2. The van der Waals surface area contributed by atoms with E-state index in [0.29, 0.717) is 0 Å². The van der Waals surface area contributed by atoms with E-state index < -0.39 is 0 Å². The van der Waals surface area contributed by atoms with Crippen LogP contribution in [0.15, 0.2) is 22.1 Å². The summed E-state index contributed by atoms with van der Waals surface area (Å²) < 4.78 is 3.32. The molecule has 0 bridgehead atoms. The number of rotatable bonds is 6. The third-order valence-corrected chi connectivity index (χ3v) is 5.25. The van der Waals surface area contributed by atoms with Crippen LogP contribution < -0.4 is 5.32 Å². The van der Waals surface area contributed by atoms with Crippen molar-refractivity contribution >= 4 is 27.3 Å². The Bertz CT molecular complexity index is 513. The van der Waals surface area contributed by atoms with Gasteiger partial charge in [0.05, 0.1) is 15.5 Å². The lowest BCUT2D eigenvalue weighted by molar-refractivity contribution is 0.524. The molecular weight excluding hydrogens is 322 g/mol. The van der Waals surface area contributed by atoms with Gasteiger partial charge in [-0.2, -0.15) is 5.10 Å². The maximum Gasteiger partial charge on any atom is 0.0842 e. The molecule has 0 radical (unpaired) electrons. The van der Waals surface area contributed by atoms with Crippen LogP contribution in [0.1, 0.15) is 42.4 Å². The van der Waals surface area contributed by atoms with Gasteiger partial charge in [0.25, 0.3) is 0 Å². The first-order chi connectivity index (χ1) is 9.17. The summed E-state index contributed by atoms with van der Waals surface area (Å²) in [6.07, 6.45) is 2.99. The lowest BCUT2D eigenvalue weighted by Gasteiger charge is -2.18. The largest absolute Gasteiger partial charge is 0.305 e. The molecule has 0 fully saturated rings. The molecule has 0 aliphatic heterocycles. The molecule has 2 aromatic heterocycles. The molecule has 1 unspecified atom stereocenters. The summed E-state index contributed by atoms with van der Waals surface area (Å²) in [7, 11) is 0. The Balaban J connectivity index is 2.36. The number of nitrogens with zero attached hydrogens (tertiary/aromatic N) is 2. The molecule has 19 heavy (non-hydrogen) atoms. The number of halogens is 1. The molecule has 2 rings (SSSR count). The number of nitrogens with one attached hydrogen (secondary N) is 1. The van der Waals surface area contributed by atoms with E-state index in [0.717, 1.165) is 19.5 Å². The van der Waals surface area contributed by atoms with Gasteiger partial charge in [0, 0.05) is 17.6 Å². The van der Waals surface area contributed by atoms with Crippen molar-refractivity contribution in [1.82, 2.24) is 15.1 Å². The van der Waals surface area contributed by atoms with Crippen LogP contribution in [-0.4, -0.2) is 16.3 Å². The molecule has 0 aliphatic carbocycles. The van der Waals surface area contributed by atoms with Crippen LogP contribution in [0, 0.1) is 6.92 Å². The minimum Gasteiger partial charge on any atom is -0.305 e. The van der Waals surface area contributed by atoms with Gasteiger partial charge in [0.2, 0.25) is 0 Å². The van der Waals surface area contributed by atoms with Crippen molar-refractivity contribution in [3.8, 4) is 0 Å². The van der Waals surface area contributed by atoms with Crippen molar-refractivity contribution in [1.29, 1.82) is 0 Å². The SMILES string of the molecule is CCCn1nccc1C(NCC)c1cc(C)c(Br)s1. The Hall–Kier alpha value is -0.650. The molecule has 0 spiro atoms. The molecule has 0 saturated carbocycles. The van der Waals surface area contributed by atoms with E-state index >= 15 is 0 Å². The molecule has 2 heterocycles. The van der Waals surface area contributed by atoms with Gasteiger partial charge in [-0.05, 0) is 53.5 Å². The smallest absolute Gasteiger partial charge is 0.0842 e. The van der Waals surface area contributed by atoms with Crippen LogP contribution in [0.3, 0.4) is 0 Å². The second-order valence-electron chi connectivity index (χ2n) is 4.58. The summed E-state index contributed by atoms with van der Waals surface area (Å²) in [5.41, 5.74) is 2.54. The monoisotopic (exact) mass is 341 g/mol. The average molecular weight is 342 g/mol. The van der Waals surface area contributed by atoms with Crippen molar-refractivity contribution in [2.75, 3.05) is 6.54 Å². The van der Waals surface area contributed by atoms with Gasteiger partial charge in [-0.15, -0.1) is 11.3 Å². The normalized spacial score (nSPS) is 12.8. The van der Waals surface area contributed by atoms with Gasteiger partial charge in [0.1, 0.15) is 0 Å². The zero-order valence-electron chi connectivity index (χ0n) is 11.6. The van der Waals surface area contributed by atoms with Gasteiger partial charge < -0.3 is 5.32 Å². The van der Waals surface area contributed by atoms with E-state index in [1.54, 1.807) is 11.3 Å². The lowest BCUT2D eigenvalue weighted by Crippen LogP contribution is -2.24. The first kappa shape index (κ1) is 14.8. The Labute approximate surface area is 127 Å². The highest BCUT2D eigenvalue weighted by Crippen LogP contribution is 2.34. The number of hydrogen-bond donors (Lipinski definition) is 1. The summed E-state index contributed by atoms with van der Waals surface area (Å²) >= 11 is 5.42. The maximum atomic E-state index is 4.43. The fourth-order valence-corrected chi connectivity index (χ4v) is 3.83. The second-order valence-corrected chi connectivity index (χ2v) is 6.98. The van der Waals surface area contributed by atoms with Gasteiger partial charge in [0.15, 0.2) is 0 Å². The molecule has 104 valence electrons. The number of thiophene rings is 1. The molecule has 1 N–H and O–H groups in total. The Kier molecular flexibility index (Phi) is 5.19. The van der Waals surface area contributed by atoms with E-state index in [1.165, 1.54) is 19.9 Å². The minimum atomic E-state index is 0.231. The molecular formula is C14H20BrN3S. The molecule has 0 aromatic carbocycles. The highest BCUT2D eigenvalue weighted by Gasteiger charge is 2.20. The summed E-state index contributed by atoms with van der Waals surface area (Å²) in [6, 6.07) is 4.60. The molecule has 0 aliphatic rings. The first-order valence-electron chi connectivity index (χ1n) is 6.68.